The number of carbonyl (C=O) groups is 1. The summed E-state index contributed by atoms with van der Waals surface area (Å²) in [6, 6.07) is 9.46. The lowest BCUT2D eigenvalue weighted by Crippen LogP contribution is -2.17. The van der Waals surface area contributed by atoms with Gasteiger partial charge >= 0.3 is 5.97 Å². The van der Waals surface area contributed by atoms with Gasteiger partial charge in [-0.3, -0.25) is 4.72 Å². The molecule has 3 aromatic rings. The molecule has 0 aliphatic heterocycles. The maximum absolute atomic E-state index is 13.1. The summed E-state index contributed by atoms with van der Waals surface area (Å²) in [4.78, 5) is 11.8. The number of nitrogens with zero attached hydrogens (tertiary/aromatic N) is 4. The van der Waals surface area contributed by atoms with Gasteiger partial charge in [0.1, 0.15) is 6.33 Å². The number of benzene rings is 2. The number of aryl methyl sites for hydroxylation is 1. The van der Waals surface area contributed by atoms with Crippen LogP contribution in [0.3, 0.4) is 0 Å². The molecule has 0 spiro atoms. The number of halogens is 1. The van der Waals surface area contributed by atoms with E-state index in [4.69, 9.17) is 0 Å². The number of ether oxygens (including phenoxy) is 1. The molecule has 1 heterocycles. The predicted octanol–water partition coefficient (Wildman–Crippen LogP) is 2.57. The molecule has 2 aromatic carbocycles. The second-order valence-electron chi connectivity index (χ2n) is 5.69. The highest BCUT2D eigenvalue weighted by Gasteiger charge is 2.22. The van der Waals surface area contributed by atoms with Crippen molar-refractivity contribution >= 4 is 37.6 Å². The molecule has 0 aliphatic carbocycles. The van der Waals surface area contributed by atoms with E-state index in [0.29, 0.717) is 27.8 Å². The molecule has 28 heavy (non-hydrogen) atoms. The summed E-state index contributed by atoms with van der Waals surface area (Å²) >= 11 is 3.34. The Morgan fingerprint density at radius 2 is 2.04 bits per heavy atom. The molecule has 9 nitrogen and oxygen atoms in total. The molecule has 0 bridgehead atoms. The Balaban J connectivity index is 2.03. The second-order valence-corrected chi connectivity index (χ2v) is 8.20. The van der Waals surface area contributed by atoms with Gasteiger partial charge in [-0.2, -0.15) is 0 Å². The van der Waals surface area contributed by atoms with Crippen molar-refractivity contribution in [3.05, 3.63) is 58.3 Å². The van der Waals surface area contributed by atoms with Crippen molar-refractivity contribution in [1.29, 1.82) is 0 Å². The average Bonchev–Trinajstić information content (AvgIpc) is 3.23. The normalized spacial score (nSPS) is 11.2. The summed E-state index contributed by atoms with van der Waals surface area (Å²) in [5.74, 6) is -0.610. The molecule has 146 valence electrons. The third kappa shape index (κ3) is 4.04. The fourth-order valence-electron chi connectivity index (χ4n) is 2.55. The molecule has 0 aliphatic rings. The Labute approximate surface area is 169 Å². The summed E-state index contributed by atoms with van der Waals surface area (Å²) in [5.41, 5.74) is 1.61. The molecule has 0 saturated heterocycles. The SMILES string of the molecule is CCc1ccc(C(=O)OC)cc1S(=O)(=O)Nc1cc(-n2cnnn2)ccc1Br. The van der Waals surface area contributed by atoms with Crippen molar-refractivity contribution < 1.29 is 17.9 Å². The maximum Gasteiger partial charge on any atom is 0.337 e. The molecule has 1 N–H and O–H groups in total. The van der Waals surface area contributed by atoms with Crippen LogP contribution in [0.2, 0.25) is 0 Å². The zero-order valence-corrected chi connectivity index (χ0v) is 17.4. The second kappa shape index (κ2) is 8.07. The van der Waals surface area contributed by atoms with Crippen LogP contribution in [0.5, 0.6) is 0 Å². The van der Waals surface area contributed by atoms with Gasteiger partial charge < -0.3 is 4.74 Å². The number of aromatic nitrogens is 4. The summed E-state index contributed by atoms with van der Waals surface area (Å²) in [5, 5.41) is 10.9. The number of carbonyl (C=O) groups excluding carboxylic acids is 1. The van der Waals surface area contributed by atoms with Gasteiger partial charge in [0.25, 0.3) is 10.0 Å². The molecule has 1 aromatic heterocycles. The standard InChI is InChI=1S/C17H16BrN5O4S/c1-3-11-4-5-12(17(24)27-2)8-16(11)28(25,26)20-15-9-13(6-7-14(15)18)23-10-19-21-22-23/h4-10,20H,3H2,1-2H3. The zero-order valence-electron chi connectivity index (χ0n) is 15.0. The number of methoxy groups -OCH3 is 1. The number of sulfonamides is 1. The molecule has 0 fully saturated rings. The van der Waals surface area contributed by atoms with E-state index in [0.717, 1.165) is 0 Å². The first-order valence-corrected chi connectivity index (χ1v) is 10.4. The van der Waals surface area contributed by atoms with E-state index in [1.54, 1.807) is 24.3 Å². The molecular weight excluding hydrogens is 450 g/mol. The van der Waals surface area contributed by atoms with Crippen molar-refractivity contribution in [3.63, 3.8) is 0 Å². The van der Waals surface area contributed by atoms with Gasteiger partial charge in [0, 0.05) is 4.47 Å². The van der Waals surface area contributed by atoms with Gasteiger partial charge in [-0.05, 0) is 68.7 Å². The highest BCUT2D eigenvalue weighted by molar-refractivity contribution is 9.10. The van der Waals surface area contributed by atoms with E-state index in [9.17, 15) is 13.2 Å². The topological polar surface area (TPSA) is 116 Å². The summed E-state index contributed by atoms with van der Waals surface area (Å²) in [6.45, 7) is 1.83. The van der Waals surface area contributed by atoms with Crippen molar-refractivity contribution in [1.82, 2.24) is 20.2 Å². The van der Waals surface area contributed by atoms with Crippen LogP contribution in [0.25, 0.3) is 5.69 Å². The van der Waals surface area contributed by atoms with Crippen LogP contribution >= 0.6 is 15.9 Å². The Morgan fingerprint density at radius 3 is 2.68 bits per heavy atom. The van der Waals surface area contributed by atoms with Crippen LogP contribution in [0.15, 0.2) is 52.1 Å². The van der Waals surface area contributed by atoms with E-state index in [-0.39, 0.29) is 10.5 Å². The van der Waals surface area contributed by atoms with E-state index in [1.165, 1.54) is 30.3 Å². The monoisotopic (exact) mass is 465 g/mol. The molecule has 3 rings (SSSR count). The Bertz CT molecular complexity index is 1120. The van der Waals surface area contributed by atoms with Crippen LogP contribution in [-0.4, -0.2) is 41.7 Å². The number of rotatable bonds is 6. The minimum Gasteiger partial charge on any atom is -0.465 e. The first-order valence-electron chi connectivity index (χ1n) is 8.12. The summed E-state index contributed by atoms with van der Waals surface area (Å²) < 4.78 is 35.3. The van der Waals surface area contributed by atoms with Gasteiger partial charge in [-0.15, -0.1) is 5.10 Å². The summed E-state index contributed by atoms with van der Waals surface area (Å²) in [7, 11) is -2.74. The number of hydrogen-bond donors (Lipinski definition) is 1. The highest BCUT2D eigenvalue weighted by atomic mass is 79.9. The van der Waals surface area contributed by atoms with Gasteiger partial charge in [0.05, 0.1) is 28.9 Å². The van der Waals surface area contributed by atoms with Gasteiger partial charge in [0.15, 0.2) is 0 Å². The Kier molecular flexibility index (Phi) is 5.75. The fourth-order valence-corrected chi connectivity index (χ4v) is 4.44. The van der Waals surface area contributed by atoms with Crippen LogP contribution in [0.4, 0.5) is 5.69 Å². The van der Waals surface area contributed by atoms with E-state index < -0.39 is 16.0 Å². The lowest BCUT2D eigenvalue weighted by Gasteiger charge is -2.14. The number of tetrazole rings is 1. The van der Waals surface area contributed by atoms with Crippen LogP contribution in [0, 0.1) is 0 Å². The van der Waals surface area contributed by atoms with Crippen LogP contribution in [-0.2, 0) is 21.2 Å². The fraction of sp³-hybridized carbons (Fsp3) is 0.176. The van der Waals surface area contributed by atoms with Crippen molar-refractivity contribution in [3.8, 4) is 5.69 Å². The van der Waals surface area contributed by atoms with E-state index >= 15 is 0 Å². The molecule has 0 radical (unpaired) electrons. The van der Waals surface area contributed by atoms with Crippen LogP contribution < -0.4 is 4.72 Å². The lowest BCUT2D eigenvalue weighted by molar-refractivity contribution is 0.0600. The predicted molar refractivity (Wildman–Crippen MR) is 105 cm³/mol. The first-order chi connectivity index (χ1) is 13.4. The number of esters is 1. The van der Waals surface area contributed by atoms with Crippen molar-refractivity contribution in [2.75, 3.05) is 11.8 Å². The third-order valence-corrected chi connectivity index (χ3v) is 6.11. The molecule has 0 atom stereocenters. The van der Waals surface area contributed by atoms with Gasteiger partial charge in [0.2, 0.25) is 0 Å². The molecule has 0 saturated carbocycles. The quantitative estimate of drug-likeness (QED) is 0.555. The van der Waals surface area contributed by atoms with Gasteiger partial charge in [-0.25, -0.2) is 17.9 Å². The number of nitrogens with one attached hydrogen (secondary N) is 1. The molecule has 0 unspecified atom stereocenters. The third-order valence-electron chi connectivity index (χ3n) is 3.97. The number of hydrogen-bond acceptors (Lipinski definition) is 7. The van der Waals surface area contributed by atoms with Crippen LogP contribution in [0.1, 0.15) is 22.8 Å². The largest absolute Gasteiger partial charge is 0.465 e. The summed E-state index contributed by atoms with van der Waals surface area (Å²) in [6.07, 6.45) is 1.88. The maximum atomic E-state index is 13.1. The number of anilines is 1. The Morgan fingerprint density at radius 1 is 1.25 bits per heavy atom. The smallest absolute Gasteiger partial charge is 0.337 e. The minimum atomic E-state index is -3.98. The highest BCUT2D eigenvalue weighted by Crippen LogP contribution is 2.29. The molecular formula is C17H16BrN5O4S. The van der Waals surface area contributed by atoms with Crippen molar-refractivity contribution in [2.45, 2.75) is 18.2 Å². The van der Waals surface area contributed by atoms with Crippen molar-refractivity contribution in [2.24, 2.45) is 0 Å². The van der Waals surface area contributed by atoms with Gasteiger partial charge in [-0.1, -0.05) is 13.0 Å². The molecule has 11 heteroatoms. The van der Waals surface area contributed by atoms with E-state index in [2.05, 4.69) is 40.9 Å². The van der Waals surface area contributed by atoms with E-state index in [1.807, 2.05) is 6.92 Å². The lowest BCUT2D eigenvalue weighted by atomic mass is 10.1. The Hall–Kier alpha value is -2.79. The zero-order chi connectivity index (χ0) is 20.3. The minimum absolute atomic E-state index is 0.0117. The first kappa shape index (κ1) is 20.0. The average molecular weight is 466 g/mol. The molecule has 0 amide bonds.